The smallest absolute Gasteiger partial charge is 0.296 e. The molecule has 1 N–H and O–H groups in total. The van der Waals surface area contributed by atoms with E-state index in [9.17, 15) is 10.1 Å². The molecule has 0 spiro atoms. The lowest BCUT2D eigenvalue weighted by Gasteiger charge is -1.99. The number of aromatic nitrogens is 2. The minimum Gasteiger partial charge on any atom is -0.423 e. The van der Waals surface area contributed by atoms with Crippen LogP contribution < -0.4 is 5.32 Å². The van der Waals surface area contributed by atoms with E-state index in [1.54, 1.807) is 12.3 Å². The third-order valence-corrected chi connectivity index (χ3v) is 2.73. The van der Waals surface area contributed by atoms with Gasteiger partial charge in [0.1, 0.15) is 5.52 Å². The first kappa shape index (κ1) is 12.1. The number of nitrogens with one attached hydrogen (secondary N) is 1. The third-order valence-electron chi connectivity index (χ3n) is 2.73. The zero-order valence-electron chi connectivity index (χ0n) is 10.3. The highest BCUT2D eigenvalue weighted by molar-refractivity contribution is 5.77. The van der Waals surface area contributed by atoms with Crippen molar-refractivity contribution in [3.05, 3.63) is 58.4 Å². The van der Waals surface area contributed by atoms with Crippen LogP contribution in [0.2, 0.25) is 0 Å². The zero-order valence-corrected chi connectivity index (χ0v) is 10.3. The standard InChI is InChI=1S/C13H10N4O3/c18-17(19)10-4-5-11-12(7-10)20-13(16-11)15-8-9-3-1-2-6-14-9/h1-7H,8H2,(H,15,16). The first-order valence-corrected chi connectivity index (χ1v) is 5.91. The zero-order chi connectivity index (χ0) is 13.9. The summed E-state index contributed by atoms with van der Waals surface area (Å²) in [6.07, 6.45) is 1.70. The minimum absolute atomic E-state index is 0.0232. The van der Waals surface area contributed by atoms with Gasteiger partial charge in [0, 0.05) is 12.3 Å². The van der Waals surface area contributed by atoms with Crippen molar-refractivity contribution < 1.29 is 9.34 Å². The Morgan fingerprint density at radius 3 is 2.95 bits per heavy atom. The Morgan fingerprint density at radius 2 is 2.20 bits per heavy atom. The molecule has 7 heteroatoms. The quantitative estimate of drug-likeness (QED) is 0.578. The number of pyridine rings is 1. The average molecular weight is 270 g/mol. The van der Waals surface area contributed by atoms with E-state index in [0.29, 0.717) is 23.7 Å². The van der Waals surface area contributed by atoms with E-state index < -0.39 is 4.92 Å². The molecule has 2 heterocycles. The largest absolute Gasteiger partial charge is 0.423 e. The van der Waals surface area contributed by atoms with Crippen molar-refractivity contribution in [3.8, 4) is 0 Å². The first-order chi connectivity index (χ1) is 9.72. The van der Waals surface area contributed by atoms with Gasteiger partial charge >= 0.3 is 0 Å². The van der Waals surface area contributed by atoms with Crippen molar-refractivity contribution in [1.82, 2.24) is 9.97 Å². The molecule has 0 aliphatic heterocycles. The Hall–Kier alpha value is -2.96. The van der Waals surface area contributed by atoms with Crippen LogP contribution in [-0.2, 0) is 6.54 Å². The molecule has 0 saturated heterocycles. The van der Waals surface area contributed by atoms with Crippen molar-refractivity contribution in [2.45, 2.75) is 6.54 Å². The summed E-state index contributed by atoms with van der Waals surface area (Å²) in [4.78, 5) is 18.6. The van der Waals surface area contributed by atoms with Crippen LogP contribution in [0.1, 0.15) is 5.69 Å². The number of nitro benzene ring substituents is 1. The summed E-state index contributed by atoms with van der Waals surface area (Å²) in [5.74, 6) is 0. The molecule has 0 unspecified atom stereocenters. The second-order valence-electron chi connectivity index (χ2n) is 4.10. The lowest BCUT2D eigenvalue weighted by molar-refractivity contribution is -0.384. The summed E-state index contributed by atoms with van der Waals surface area (Å²) in [5, 5.41) is 13.7. The Kier molecular flexibility index (Phi) is 3.00. The maximum absolute atomic E-state index is 10.7. The summed E-state index contributed by atoms with van der Waals surface area (Å²) in [6, 6.07) is 10.2. The van der Waals surface area contributed by atoms with Gasteiger partial charge in [0.15, 0.2) is 5.58 Å². The van der Waals surface area contributed by atoms with E-state index in [1.807, 2.05) is 18.2 Å². The number of hydrogen-bond donors (Lipinski definition) is 1. The number of benzene rings is 1. The molecule has 0 amide bonds. The van der Waals surface area contributed by atoms with Crippen LogP contribution in [0, 0.1) is 10.1 Å². The molecule has 0 bridgehead atoms. The molecular weight excluding hydrogens is 260 g/mol. The normalized spacial score (nSPS) is 10.6. The monoisotopic (exact) mass is 270 g/mol. The highest BCUT2D eigenvalue weighted by Crippen LogP contribution is 2.23. The molecule has 0 saturated carbocycles. The molecular formula is C13H10N4O3. The van der Waals surface area contributed by atoms with Crippen LogP contribution in [0.5, 0.6) is 0 Å². The van der Waals surface area contributed by atoms with Crippen LogP contribution in [0.3, 0.4) is 0 Å². The van der Waals surface area contributed by atoms with Gasteiger partial charge < -0.3 is 9.73 Å². The van der Waals surface area contributed by atoms with E-state index in [2.05, 4.69) is 15.3 Å². The highest BCUT2D eigenvalue weighted by atomic mass is 16.6. The van der Waals surface area contributed by atoms with E-state index in [1.165, 1.54) is 12.1 Å². The highest BCUT2D eigenvalue weighted by Gasteiger charge is 2.11. The first-order valence-electron chi connectivity index (χ1n) is 5.91. The van der Waals surface area contributed by atoms with Gasteiger partial charge in [-0.2, -0.15) is 4.98 Å². The molecule has 3 rings (SSSR count). The number of non-ortho nitro benzene ring substituents is 1. The average Bonchev–Trinajstić information content (AvgIpc) is 2.88. The topological polar surface area (TPSA) is 94.1 Å². The molecule has 7 nitrogen and oxygen atoms in total. The molecule has 0 fully saturated rings. The van der Waals surface area contributed by atoms with Crippen molar-refractivity contribution in [2.75, 3.05) is 5.32 Å². The summed E-state index contributed by atoms with van der Waals surface area (Å²) in [5.41, 5.74) is 1.77. The molecule has 0 aliphatic rings. The van der Waals surface area contributed by atoms with Gasteiger partial charge in [-0.3, -0.25) is 15.1 Å². The van der Waals surface area contributed by atoms with E-state index in [-0.39, 0.29) is 5.69 Å². The van der Waals surface area contributed by atoms with Crippen LogP contribution in [0.15, 0.2) is 47.0 Å². The van der Waals surface area contributed by atoms with Crippen molar-refractivity contribution >= 4 is 22.8 Å². The fraction of sp³-hybridized carbons (Fsp3) is 0.0769. The Labute approximate surface area is 113 Å². The van der Waals surface area contributed by atoms with Gasteiger partial charge in [-0.1, -0.05) is 6.07 Å². The van der Waals surface area contributed by atoms with Gasteiger partial charge in [-0.25, -0.2) is 0 Å². The maximum atomic E-state index is 10.7. The number of oxazole rings is 1. The fourth-order valence-electron chi connectivity index (χ4n) is 1.77. The van der Waals surface area contributed by atoms with Crippen molar-refractivity contribution in [1.29, 1.82) is 0 Å². The molecule has 20 heavy (non-hydrogen) atoms. The Balaban J connectivity index is 1.80. The van der Waals surface area contributed by atoms with Crippen molar-refractivity contribution in [3.63, 3.8) is 0 Å². The summed E-state index contributed by atoms with van der Waals surface area (Å²) in [7, 11) is 0. The second-order valence-corrected chi connectivity index (χ2v) is 4.10. The molecule has 0 radical (unpaired) electrons. The van der Waals surface area contributed by atoms with E-state index in [0.717, 1.165) is 5.69 Å². The predicted octanol–water partition coefficient (Wildman–Crippen LogP) is 2.74. The number of fused-ring (bicyclic) bond motifs is 1. The number of rotatable bonds is 4. The lowest BCUT2D eigenvalue weighted by atomic mass is 10.3. The molecule has 0 atom stereocenters. The summed E-state index contributed by atoms with van der Waals surface area (Å²) >= 11 is 0. The van der Waals surface area contributed by atoms with Crippen LogP contribution >= 0.6 is 0 Å². The van der Waals surface area contributed by atoms with Crippen molar-refractivity contribution in [2.24, 2.45) is 0 Å². The maximum Gasteiger partial charge on any atom is 0.296 e. The van der Waals surface area contributed by atoms with Gasteiger partial charge in [-0.05, 0) is 18.2 Å². The van der Waals surface area contributed by atoms with Gasteiger partial charge in [0.05, 0.1) is 23.2 Å². The van der Waals surface area contributed by atoms with E-state index >= 15 is 0 Å². The van der Waals surface area contributed by atoms with Crippen LogP contribution in [0.4, 0.5) is 11.7 Å². The van der Waals surface area contributed by atoms with Gasteiger partial charge in [0.2, 0.25) is 0 Å². The van der Waals surface area contributed by atoms with E-state index in [4.69, 9.17) is 4.42 Å². The van der Waals surface area contributed by atoms with Gasteiger partial charge in [0.25, 0.3) is 11.7 Å². The second kappa shape index (κ2) is 4.96. The van der Waals surface area contributed by atoms with Crippen LogP contribution in [-0.4, -0.2) is 14.9 Å². The summed E-state index contributed by atoms with van der Waals surface area (Å²) in [6.45, 7) is 0.468. The number of nitrogens with zero attached hydrogens (tertiary/aromatic N) is 3. The SMILES string of the molecule is O=[N+]([O-])c1ccc2nc(NCc3ccccn3)oc2c1. The number of nitro groups is 1. The molecule has 0 aliphatic carbocycles. The summed E-state index contributed by atoms with van der Waals surface area (Å²) < 4.78 is 5.43. The van der Waals surface area contributed by atoms with Gasteiger partial charge in [-0.15, -0.1) is 0 Å². The molecule has 3 aromatic rings. The Bertz CT molecular complexity index is 755. The third kappa shape index (κ3) is 2.41. The molecule has 1 aromatic carbocycles. The molecule has 2 aromatic heterocycles. The number of hydrogen-bond acceptors (Lipinski definition) is 6. The fourth-order valence-corrected chi connectivity index (χ4v) is 1.77. The molecule has 100 valence electrons. The predicted molar refractivity (Wildman–Crippen MR) is 72.2 cm³/mol. The number of anilines is 1. The lowest BCUT2D eigenvalue weighted by Crippen LogP contribution is -2.00. The minimum atomic E-state index is -0.469. The Morgan fingerprint density at radius 1 is 1.30 bits per heavy atom. The van der Waals surface area contributed by atoms with Crippen LogP contribution in [0.25, 0.3) is 11.1 Å².